The number of anilines is 1. The van der Waals surface area contributed by atoms with Crippen LogP contribution >= 0.6 is 0 Å². The molecule has 1 aromatic rings. The van der Waals surface area contributed by atoms with Gasteiger partial charge in [-0.2, -0.15) is 0 Å². The first-order valence-electron chi connectivity index (χ1n) is 7.11. The molecule has 4 heteroatoms. The lowest BCUT2D eigenvalue weighted by molar-refractivity contribution is -0.122. The maximum Gasteiger partial charge on any atom is 0.220 e. The molecule has 0 aliphatic carbocycles. The van der Waals surface area contributed by atoms with Gasteiger partial charge in [-0.1, -0.05) is 6.07 Å². The standard InChI is InChI=1S/C15H21N3O/c16-15(19)11-4-7-18(8-5-11)14-2-1-13-10-17-6-3-12(13)9-14/h1-2,9,11,17H,3-8,10H2,(H2,16,19). The highest BCUT2D eigenvalue weighted by molar-refractivity contribution is 5.77. The summed E-state index contributed by atoms with van der Waals surface area (Å²) in [6.45, 7) is 3.93. The SMILES string of the molecule is NC(=O)C1CCN(c2ccc3c(c2)CCNC3)CC1. The van der Waals surface area contributed by atoms with E-state index in [9.17, 15) is 4.79 Å². The maximum absolute atomic E-state index is 11.2. The zero-order valence-corrected chi connectivity index (χ0v) is 11.2. The van der Waals surface area contributed by atoms with Crippen LogP contribution in [-0.2, 0) is 17.8 Å². The van der Waals surface area contributed by atoms with Gasteiger partial charge < -0.3 is 16.0 Å². The van der Waals surface area contributed by atoms with E-state index in [1.165, 1.54) is 16.8 Å². The minimum Gasteiger partial charge on any atom is -0.371 e. The molecule has 3 N–H and O–H groups in total. The molecule has 1 fully saturated rings. The van der Waals surface area contributed by atoms with Crippen LogP contribution in [0.15, 0.2) is 18.2 Å². The van der Waals surface area contributed by atoms with Gasteiger partial charge >= 0.3 is 0 Å². The second-order valence-electron chi connectivity index (χ2n) is 5.54. The van der Waals surface area contributed by atoms with Crippen LogP contribution in [0.25, 0.3) is 0 Å². The lowest BCUT2D eigenvalue weighted by Crippen LogP contribution is -2.38. The fourth-order valence-electron chi connectivity index (χ4n) is 3.08. The zero-order valence-electron chi connectivity index (χ0n) is 11.2. The minimum atomic E-state index is -0.142. The average molecular weight is 259 g/mol. The second kappa shape index (κ2) is 5.21. The van der Waals surface area contributed by atoms with Crippen molar-refractivity contribution in [3.05, 3.63) is 29.3 Å². The summed E-state index contributed by atoms with van der Waals surface area (Å²) >= 11 is 0. The molecule has 1 aromatic carbocycles. The van der Waals surface area contributed by atoms with Gasteiger partial charge in [0.25, 0.3) is 0 Å². The van der Waals surface area contributed by atoms with Crippen LogP contribution in [0, 0.1) is 5.92 Å². The molecule has 1 saturated heterocycles. The van der Waals surface area contributed by atoms with E-state index in [0.29, 0.717) is 0 Å². The van der Waals surface area contributed by atoms with Gasteiger partial charge in [-0.05, 0) is 49.1 Å². The molecule has 0 saturated carbocycles. The molecule has 0 aromatic heterocycles. The van der Waals surface area contributed by atoms with Crippen LogP contribution in [0.5, 0.6) is 0 Å². The highest BCUT2D eigenvalue weighted by Gasteiger charge is 2.23. The number of hydrogen-bond donors (Lipinski definition) is 2. The molecule has 0 spiro atoms. The summed E-state index contributed by atoms with van der Waals surface area (Å²) in [6.07, 6.45) is 2.88. The summed E-state index contributed by atoms with van der Waals surface area (Å²) in [5.74, 6) is -0.0748. The van der Waals surface area contributed by atoms with Gasteiger partial charge in [-0.3, -0.25) is 4.79 Å². The van der Waals surface area contributed by atoms with Crippen LogP contribution in [0.1, 0.15) is 24.0 Å². The van der Waals surface area contributed by atoms with Crippen molar-refractivity contribution in [1.29, 1.82) is 0 Å². The van der Waals surface area contributed by atoms with Crippen molar-refractivity contribution in [2.45, 2.75) is 25.8 Å². The highest BCUT2D eigenvalue weighted by Crippen LogP contribution is 2.26. The summed E-state index contributed by atoms with van der Waals surface area (Å²) in [5.41, 5.74) is 9.56. The van der Waals surface area contributed by atoms with Crippen molar-refractivity contribution < 1.29 is 4.79 Å². The predicted octanol–water partition coefficient (Wildman–Crippen LogP) is 1.03. The average Bonchev–Trinajstić information content (AvgIpc) is 2.47. The van der Waals surface area contributed by atoms with Crippen LogP contribution in [0.2, 0.25) is 0 Å². The fourth-order valence-corrected chi connectivity index (χ4v) is 3.08. The summed E-state index contributed by atoms with van der Waals surface area (Å²) in [6, 6.07) is 6.76. The Morgan fingerprint density at radius 3 is 2.79 bits per heavy atom. The monoisotopic (exact) mass is 259 g/mol. The van der Waals surface area contributed by atoms with Crippen molar-refractivity contribution in [1.82, 2.24) is 5.32 Å². The molecule has 2 aliphatic rings. The first-order valence-corrected chi connectivity index (χ1v) is 7.11. The molecule has 2 heterocycles. The van der Waals surface area contributed by atoms with E-state index in [2.05, 4.69) is 28.4 Å². The largest absolute Gasteiger partial charge is 0.371 e. The second-order valence-corrected chi connectivity index (χ2v) is 5.54. The Balaban J connectivity index is 1.71. The van der Waals surface area contributed by atoms with Crippen LogP contribution in [0.4, 0.5) is 5.69 Å². The van der Waals surface area contributed by atoms with Crippen LogP contribution in [-0.4, -0.2) is 25.5 Å². The van der Waals surface area contributed by atoms with E-state index in [-0.39, 0.29) is 11.8 Å². The van der Waals surface area contributed by atoms with E-state index in [0.717, 1.165) is 45.4 Å². The van der Waals surface area contributed by atoms with Gasteiger partial charge in [0, 0.05) is 31.2 Å². The Morgan fingerprint density at radius 2 is 2.05 bits per heavy atom. The molecule has 0 atom stereocenters. The van der Waals surface area contributed by atoms with Gasteiger partial charge in [0.2, 0.25) is 5.91 Å². The van der Waals surface area contributed by atoms with Crippen molar-refractivity contribution in [2.24, 2.45) is 11.7 Å². The Bertz CT molecular complexity index is 478. The molecule has 0 bridgehead atoms. The number of piperidine rings is 1. The number of carbonyl (C=O) groups is 1. The molecule has 2 aliphatic heterocycles. The third-order valence-electron chi connectivity index (χ3n) is 4.34. The van der Waals surface area contributed by atoms with Gasteiger partial charge in [-0.25, -0.2) is 0 Å². The van der Waals surface area contributed by atoms with Gasteiger partial charge in [0.15, 0.2) is 0 Å². The van der Waals surface area contributed by atoms with Crippen molar-refractivity contribution in [2.75, 3.05) is 24.5 Å². The summed E-state index contributed by atoms with van der Waals surface area (Å²) in [7, 11) is 0. The number of fused-ring (bicyclic) bond motifs is 1. The number of benzene rings is 1. The van der Waals surface area contributed by atoms with Crippen LogP contribution in [0.3, 0.4) is 0 Å². The quantitative estimate of drug-likeness (QED) is 0.834. The number of nitrogens with zero attached hydrogens (tertiary/aromatic N) is 1. The Labute approximate surface area is 114 Å². The summed E-state index contributed by atoms with van der Waals surface area (Å²) < 4.78 is 0. The number of rotatable bonds is 2. The normalized spacial score (nSPS) is 20.1. The number of nitrogens with two attached hydrogens (primary N) is 1. The lowest BCUT2D eigenvalue weighted by atomic mass is 9.95. The Morgan fingerprint density at radius 1 is 1.26 bits per heavy atom. The van der Waals surface area contributed by atoms with Crippen molar-refractivity contribution in [3.8, 4) is 0 Å². The molecular weight excluding hydrogens is 238 g/mol. The Kier molecular flexibility index (Phi) is 3.42. The molecule has 0 unspecified atom stereocenters. The maximum atomic E-state index is 11.2. The zero-order chi connectivity index (χ0) is 13.2. The molecule has 19 heavy (non-hydrogen) atoms. The molecule has 4 nitrogen and oxygen atoms in total. The first kappa shape index (κ1) is 12.5. The molecule has 3 rings (SSSR count). The third-order valence-corrected chi connectivity index (χ3v) is 4.34. The molecule has 102 valence electrons. The fraction of sp³-hybridized carbons (Fsp3) is 0.533. The predicted molar refractivity (Wildman–Crippen MR) is 76.0 cm³/mol. The van der Waals surface area contributed by atoms with E-state index in [1.54, 1.807) is 0 Å². The van der Waals surface area contributed by atoms with E-state index in [1.807, 2.05) is 0 Å². The van der Waals surface area contributed by atoms with Crippen molar-refractivity contribution in [3.63, 3.8) is 0 Å². The minimum absolute atomic E-state index is 0.0677. The molecular formula is C15H21N3O. The highest BCUT2D eigenvalue weighted by atomic mass is 16.1. The summed E-state index contributed by atoms with van der Waals surface area (Å²) in [4.78, 5) is 13.6. The number of hydrogen-bond acceptors (Lipinski definition) is 3. The molecule has 0 radical (unpaired) electrons. The van der Waals surface area contributed by atoms with Gasteiger partial charge in [0.1, 0.15) is 0 Å². The van der Waals surface area contributed by atoms with E-state index >= 15 is 0 Å². The van der Waals surface area contributed by atoms with Gasteiger partial charge in [-0.15, -0.1) is 0 Å². The Hall–Kier alpha value is -1.55. The van der Waals surface area contributed by atoms with Crippen molar-refractivity contribution >= 4 is 11.6 Å². The third kappa shape index (κ3) is 2.59. The molecule has 1 amide bonds. The van der Waals surface area contributed by atoms with E-state index in [4.69, 9.17) is 5.73 Å². The van der Waals surface area contributed by atoms with Crippen LogP contribution < -0.4 is 16.0 Å². The summed E-state index contributed by atoms with van der Waals surface area (Å²) in [5, 5.41) is 3.39. The number of nitrogens with one attached hydrogen (secondary N) is 1. The van der Waals surface area contributed by atoms with E-state index < -0.39 is 0 Å². The van der Waals surface area contributed by atoms with Gasteiger partial charge in [0.05, 0.1) is 0 Å². The smallest absolute Gasteiger partial charge is 0.220 e. The number of carbonyl (C=O) groups excluding carboxylic acids is 1. The number of amides is 1. The lowest BCUT2D eigenvalue weighted by Gasteiger charge is -2.33. The topological polar surface area (TPSA) is 58.4 Å². The number of primary amides is 1. The first-order chi connectivity index (χ1) is 9.24.